The van der Waals surface area contributed by atoms with Gasteiger partial charge in [0, 0.05) is 22.6 Å². The lowest BCUT2D eigenvalue weighted by Crippen LogP contribution is -2.29. The second-order valence-corrected chi connectivity index (χ2v) is 7.11. The van der Waals surface area contributed by atoms with Crippen molar-refractivity contribution in [2.45, 2.75) is 39.2 Å². The lowest BCUT2D eigenvalue weighted by Gasteiger charge is -2.29. The minimum atomic E-state index is 0.841. The highest BCUT2D eigenvalue weighted by atomic mass is 79.9. The van der Waals surface area contributed by atoms with Gasteiger partial charge in [0.25, 0.3) is 0 Å². The van der Waals surface area contributed by atoms with Crippen LogP contribution in [0.25, 0.3) is 10.9 Å². The van der Waals surface area contributed by atoms with Gasteiger partial charge in [-0.05, 0) is 42.5 Å². The standard InChI is InChI=1S/C18H23BrN2/c1-13-5-2-3-6-14(13)11-20-12-15-8-9-17(19)16-7-4-10-21-18(15)16/h4,7-10,13-14,20H,2-3,5-6,11-12H2,1H3. The summed E-state index contributed by atoms with van der Waals surface area (Å²) in [5.74, 6) is 1.71. The molecule has 1 aromatic carbocycles. The highest BCUT2D eigenvalue weighted by Crippen LogP contribution is 2.29. The minimum absolute atomic E-state index is 0.841. The molecule has 2 unspecified atom stereocenters. The maximum atomic E-state index is 4.55. The number of fused-ring (bicyclic) bond motifs is 1. The van der Waals surface area contributed by atoms with E-state index in [1.165, 1.54) is 36.6 Å². The lowest BCUT2D eigenvalue weighted by atomic mass is 9.80. The van der Waals surface area contributed by atoms with Crippen LogP contribution in [-0.4, -0.2) is 11.5 Å². The topological polar surface area (TPSA) is 24.9 Å². The van der Waals surface area contributed by atoms with E-state index in [4.69, 9.17) is 0 Å². The molecule has 1 aromatic heterocycles. The predicted molar refractivity (Wildman–Crippen MR) is 92.3 cm³/mol. The summed E-state index contributed by atoms with van der Waals surface area (Å²) in [6.45, 7) is 4.44. The van der Waals surface area contributed by atoms with Crippen molar-refractivity contribution in [3.63, 3.8) is 0 Å². The lowest BCUT2D eigenvalue weighted by molar-refractivity contribution is 0.248. The Hall–Kier alpha value is -0.930. The first kappa shape index (κ1) is 15.0. The van der Waals surface area contributed by atoms with Gasteiger partial charge in [0.15, 0.2) is 0 Å². The summed E-state index contributed by atoms with van der Waals surface area (Å²) in [6, 6.07) is 8.42. The molecule has 0 amide bonds. The number of aromatic nitrogens is 1. The summed E-state index contributed by atoms with van der Waals surface area (Å²) in [4.78, 5) is 4.55. The Morgan fingerprint density at radius 3 is 2.95 bits per heavy atom. The maximum Gasteiger partial charge on any atom is 0.0758 e. The second-order valence-electron chi connectivity index (χ2n) is 6.26. The molecule has 2 atom stereocenters. The molecule has 3 heteroatoms. The SMILES string of the molecule is CC1CCCCC1CNCc1ccc(Br)c2cccnc12. The third-order valence-electron chi connectivity index (χ3n) is 4.81. The number of halogens is 1. The molecule has 0 saturated heterocycles. The molecule has 1 aliphatic rings. The van der Waals surface area contributed by atoms with E-state index in [1.54, 1.807) is 0 Å². The zero-order valence-electron chi connectivity index (χ0n) is 12.6. The fraction of sp³-hybridized carbons (Fsp3) is 0.500. The van der Waals surface area contributed by atoms with Crippen molar-refractivity contribution in [2.75, 3.05) is 6.54 Å². The van der Waals surface area contributed by atoms with Crippen LogP contribution in [0.2, 0.25) is 0 Å². The average Bonchev–Trinajstić information content (AvgIpc) is 2.52. The minimum Gasteiger partial charge on any atom is -0.312 e. The maximum absolute atomic E-state index is 4.55. The van der Waals surface area contributed by atoms with E-state index in [1.807, 2.05) is 12.3 Å². The third kappa shape index (κ3) is 3.46. The highest BCUT2D eigenvalue weighted by molar-refractivity contribution is 9.10. The molecule has 0 aliphatic heterocycles. The summed E-state index contributed by atoms with van der Waals surface area (Å²) in [6.07, 6.45) is 7.47. The quantitative estimate of drug-likeness (QED) is 0.850. The highest BCUT2D eigenvalue weighted by Gasteiger charge is 2.20. The van der Waals surface area contributed by atoms with Crippen LogP contribution in [0.1, 0.15) is 38.2 Å². The smallest absolute Gasteiger partial charge is 0.0758 e. The van der Waals surface area contributed by atoms with Gasteiger partial charge in [0.2, 0.25) is 0 Å². The molecule has 2 nitrogen and oxygen atoms in total. The predicted octanol–water partition coefficient (Wildman–Crippen LogP) is 4.91. The van der Waals surface area contributed by atoms with E-state index < -0.39 is 0 Å². The molecule has 21 heavy (non-hydrogen) atoms. The monoisotopic (exact) mass is 346 g/mol. The van der Waals surface area contributed by atoms with Crippen molar-refractivity contribution >= 4 is 26.8 Å². The van der Waals surface area contributed by atoms with Crippen LogP contribution in [0.3, 0.4) is 0 Å². The summed E-state index contributed by atoms with van der Waals surface area (Å²) in [5.41, 5.74) is 2.40. The summed E-state index contributed by atoms with van der Waals surface area (Å²) in [5, 5.41) is 4.86. The van der Waals surface area contributed by atoms with Crippen molar-refractivity contribution in [3.8, 4) is 0 Å². The molecule has 0 radical (unpaired) electrons. The first-order chi connectivity index (χ1) is 10.3. The molecule has 0 spiro atoms. The number of nitrogens with one attached hydrogen (secondary N) is 1. The van der Waals surface area contributed by atoms with Gasteiger partial charge in [-0.3, -0.25) is 4.98 Å². The van der Waals surface area contributed by atoms with Gasteiger partial charge in [-0.1, -0.05) is 54.2 Å². The molecular formula is C18H23BrN2. The Balaban J connectivity index is 1.67. The van der Waals surface area contributed by atoms with E-state index in [0.29, 0.717) is 0 Å². The Kier molecular flexibility index (Phi) is 4.91. The zero-order chi connectivity index (χ0) is 14.7. The van der Waals surface area contributed by atoms with Crippen molar-refractivity contribution < 1.29 is 0 Å². The molecule has 2 aromatic rings. The first-order valence-corrected chi connectivity index (χ1v) is 8.78. The van der Waals surface area contributed by atoms with Gasteiger partial charge < -0.3 is 5.32 Å². The van der Waals surface area contributed by atoms with Crippen LogP contribution >= 0.6 is 15.9 Å². The third-order valence-corrected chi connectivity index (χ3v) is 5.50. The fourth-order valence-electron chi connectivity index (χ4n) is 3.43. The molecule has 0 bridgehead atoms. The van der Waals surface area contributed by atoms with Gasteiger partial charge in [-0.15, -0.1) is 0 Å². The number of nitrogens with zero attached hydrogens (tertiary/aromatic N) is 1. The van der Waals surface area contributed by atoms with Crippen LogP contribution in [0, 0.1) is 11.8 Å². The first-order valence-electron chi connectivity index (χ1n) is 7.98. The van der Waals surface area contributed by atoms with Crippen molar-refractivity contribution in [1.29, 1.82) is 0 Å². The molecule has 1 aliphatic carbocycles. The molecule has 1 fully saturated rings. The molecule has 3 rings (SSSR count). The van der Waals surface area contributed by atoms with Crippen LogP contribution in [0.15, 0.2) is 34.9 Å². The molecule has 1 heterocycles. The fourth-order valence-corrected chi connectivity index (χ4v) is 3.88. The van der Waals surface area contributed by atoms with E-state index >= 15 is 0 Å². The second kappa shape index (κ2) is 6.89. The molecular weight excluding hydrogens is 324 g/mol. The normalized spacial score (nSPS) is 22.6. The molecule has 1 N–H and O–H groups in total. The van der Waals surface area contributed by atoms with Gasteiger partial charge in [0.05, 0.1) is 5.52 Å². The van der Waals surface area contributed by atoms with Crippen LogP contribution < -0.4 is 5.32 Å². The number of hydrogen-bond acceptors (Lipinski definition) is 2. The summed E-state index contributed by atoms with van der Waals surface area (Å²) < 4.78 is 1.12. The van der Waals surface area contributed by atoms with Gasteiger partial charge >= 0.3 is 0 Å². The van der Waals surface area contributed by atoms with Crippen molar-refractivity contribution in [2.24, 2.45) is 11.8 Å². The Morgan fingerprint density at radius 2 is 2.10 bits per heavy atom. The van der Waals surface area contributed by atoms with E-state index in [2.05, 4.69) is 51.4 Å². The number of pyridine rings is 1. The van der Waals surface area contributed by atoms with Crippen LogP contribution in [-0.2, 0) is 6.54 Å². The molecule has 1 saturated carbocycles. The van der Waals surface area contributed by atoms with Crippen LogP contribution in [0.5, 0.6) is 0 Å². The zero-order valence-corrected chi connectivity index (χ0v) is 14.2. The van der Waals surface area contributed by atoms with Crippen molar-refractivity contribution in [1.82, 2.24) is 10.3 Å². The van der Waals surface area contributed by atoms with E-state index in [0.717, 1.165) is 34.9 Å². The Labute approximate surface area is 135 Å². The average molecular weight is 347 g/mol. The Morgan fingerprint density at radius 1 is 1.24 bits per heavy atom. The number of rotatable bonds is 4. The van der Waals surface area contributed by atoms with E-state index in [-0.39, 0.29) is 0 Å². The molecule has 112 valence electrons. The van der Waals surface area contributed by atoms with Crippen LogP contribution in [0.4, 0.5) is 0 Å². The van der Waals surface area contributed by atoms with Gasteiger partial charge in [-0.2, -0.15) is 0 Å². The van der Waals surface area contributed by atoms with Crippen molar-refractivity contribution in [3.05, 3.63) is 40.5 Å². The summed E-state index contributed by atoms with van der Waals surface area (Å²) >= 11 is 3.61. The number of hydrogen-bond donors (Lipinski definition) is 1. The van der Waals surface area contributed by atoms with E-state index in [9.17, 15) is 0 Å². The summed E-state index contributed by atoms with van der Waals surface area (Å²) in [7, 11) is 0. The van der Waals surface area contributed by atoms with Gasteiger partial charge in [0.1, 0.15) is 0 Å². The van der Waals surface area contributed by atoms with Gasteiger partial charge in [-0.25, -0.2) is 0 Å². The Bertz CT molecular complexity index is 611. The number of benzene rings is 1. The largest absolute Gasteiger partial charge is 0.312 e.